The van der Waals surface area contributed by atoms with Gasteiger partial charge in [0.2, 0.25) is 11.8 Å². The first-order valence-corrected chi connectivity index (χ1v) is 5.06. The van der Waals surface area contributed by atoms with Gasteiger partial charge in [-0.2, -0.15) is 0 Å². The molecule has 0 spiro atoms. The third-order valence-electron chi connectivity index (χ3n) is 1.97. The van der Waals surface area contributed by atoms with Crippen molar-refractivity contribution in [2.24, 2.45) is 5.92 Å². The molecule has 5 nitrogen and oxygen atoms in total. The Balaban J connectivity index is 4.35. The second-order valence-electron chi connectivity index (χ2n) is 4.01. The zero-order valence-corrected chi connectivity index (χ0v) is 9.70. The van der Waals surface area contributed by atoms with Gasteiger partial charge in [-0.05, 0) is 12.8 Å². The topological polar surface area (TPSA) is 78.4 Å². The fraction of sp³-hybridized carbons (Fsp3) is 0.800. The minimum atomic E-state index is -0.545. The van der Waals surface area contributed by atoms with E-state index in [1.54, 1.807) is 6.92 Å². The molecular formula is C10H20N2O3. The van der Waals surface area contributed by atoms with Crippen LogP contribution in [0.25, 0.3) is 0 Å². The molecule has 0 aliphatic rings. The molecule has 88 valence electrons. The van der Waals surface area contributed by atoms with E-state index in [0.29, 0.717) is 0 Å². The molecule has 0 fully saturated rings. The Morgan fingerprint density at radius 2 is 1.73 bits per heavy atom. The molecule has 0 aromatic heterocycles. The first kappa shape index (κ1) is 13.9. The van der Waals surface area contributed by atoms with Gasteiger partial charge >= 0.3 is 0 Å². The molecule has 0 saturated heterocycles. The highest BCUT2D eigenvalue weighted by atomic mass is 16.3. The number of aliphatic hydroxyl groups excluding tert-OH is 1. The highest BCUT2D eigenvalue weighted by molar-refractivity contribution is 5.87. The summed E-state index contributed by atoms with van der Waals surface area (Å²) in [4.78, 5) is 22.5. The number of nitrogens with one attached hydrogen (secondary N) is 2. The van der Waals surface area contributed by atoms with Gasteiger partial charge in [0.1, 0.15) is 6.04 Å². The number of carbonyl (C=O) groups is 2. The second-order valence-corrected chi connectivity index (χ2v) is 4.01. The molecule has 2 amide bonds. The van der Waals surface area contributed by atoms with Gasteiger partial charge in [-0.25, -0.2) is 0 Å². The van der Waals surface area contributed by atoms with Crippen LogP contribution in [0.1, 0.15) is 27.7 Å². The first-order chi connectivity index (χ1) is 6.88. The van der Waals surface area contributed by atoms with Crippen molar-refractivity contribution in [3.05, 3.63) is 0 Å². The number of rotatable bonds is 5. The van der Waals surface area contributed by atoms with E-state index in [2.05, 4.69) is 10.6 Å². The molecule has 0 aromatic rings. The highest BCUT2D eigenvalue weighted by Gasteiger charge is 2.23. The maximum atomic E-state index is 11.7. The van der Waals surface area contributed by atoms with Crippen molar-refractivity contribution >= 4 is 11.8 Å². The SMILES string of the molecule is CC(=O)NC(C(=O)NC(C)CO)C(C)C. The van der Waals surface area contributed by atoms with Crippen LogP contribution in [0, 0.1) is 5.92 Å². The molecule has 2 unspecified atom stereocenters. The normalized spacial score (nSPS) is 14.5. The van der Waals surface area contributed by atoms with Crippen LogP contribution >= 0.6 is 0 Å². The van der Waals surface area contributed by atoms with Gasteiger partial charge < -0.3 is 15.7 Å². The van der Waals surface area contributed by atoms with Crippen molar-refractivity contribution in [1.29, 1.82) is 0 Å². The second kappa shape index (κ2) is 6.40. The Hall–Kier alpha value is -1.10. The standard InChI is InChI=1S/C10H20N2O3/c1-6(2)9(12-8(4)14)10(15)11-7(3)5-13/h6-7,9,13H,5H2,1-4H3,(H,11,15)(H,12,14). The summed E-state index contributed by atoms with van der Waals surface area (Å²) < 4.78 is 0. The van der Waals surface area contributed by atoms with Crippen LogP contribution in [0.15, 0.2) is 0 Å². The van der Waals surface area contributed by atoms with Gasteiger partial charge in [-0.15, -0.1) is 0 Å². The summed E-state index contributed by atoms with van der Waals surface area (Å²) in [5.41, 5.74) is 0. The van der Waals surface area contributed by atoms with Crippen molar-refractivity contribution in [2.45, 2.75) is 39.8 Å². The number of aliphatic hydroxyl groups is 1. The monoisotopic (exact) mass is 216 g/mol. The average Bonchev–Trinajstić information content (AvgIpc) is 2.12. The van der Waals surface area contributed by atoms with Gasteiger partial charge in [0, 0.05) is 13.0 Å². The molecule has 0 aromatic carbocycles. The van der Waals surface area contributed by atoms with E-state index in [1.165, 1.54) is 6.92 Å². The molecule has 0 aliphatic heterocycles. The largest absolute Gasteiger partial charge is 0.394 e. The van der Waals surface area contributed by atoms with Gasteiger partial charge in [0.15, 0.2) is 0 Å². The van der Waals surface area contributed by atoms with Gasteiger partial charge in [0.05, 0.1) is 6.61 Å². The average molecular weight is 216 g/mol. The van der Waals surface area contributed by atoms with Gasteiger partial charge in [-0.3, -0.25) is 9.59 Å². The highest BCUT2D eigenvalue weighted by Crippen LogP contribution is 2.02. The van der Waals surface area contributed by atoms with Crippen LogP contribution in [0.5, 0.6) is 0 Å². The lowest BCUT2D eigenvalue weighted by molar-refractivity contribution is -0.129. The Morgan fingerprint density at radius 1 is 1.20 bits per heavy atom. The minimum Gasteiger partial charge on any atom is -0.394 e. The molecule has 0 saturated carbocycles. The minimum absolute atomic E-state index is 0.0137. The predicted molar refractivity (Wildman–Crippen MR) is 57.1 cm³/mol. The lowest BCUT2D eigenvalue weighted by Gasteiger charge is -2.22. The van der Waals surface area contributed by atoms with Crippen molar-refractivity contribution in [3.63, 3.8) is 0 Å². The number of hydrogen-bond donors (Lipinski definition) is 3. The summed E-state index contributed by atoms with van der Waals surface area (Å²) in [5.74, 6) is -0.484. The van der Waals surface area contributed by atoms with Crippen molar-refractivity contribution in [2.75, 3.05) is 6.61 Å². The van der Waals surface area contributed by atoms with E-state index in [1.807, 2.05) is 13.8 Å². The van der Waals surface area contributed by atoms with Crippen LogP contribution in [0.4, 0.5) is 0 Å². The molecule has 0 rings (SSSR count). The maximum absolute atomic E-state index is 11.7. The third kappa shape index (κ3) is 5.37. The summed E-state index contributed by atoms with van der Waals surface area (Å²) in [7, 11) is 0. The summed E-state index contributed by atoms with van der Waals surface area (Å²) in [6, 6.07) is -0.844. The molecular weight excluding hydrogens is 196 g/mol. The first-order valence-electron chi connectivity index (χ1n) is 5.06. The van der Waals surface area contributed by atoms with Gasteiger partial charge in [-0.1, -0.05) is 13.8 Å². The predicted octanol–water partition coefficient (Wildman–Crippen LogP) is -0.356. The van der Waals surface area contributed by atoms with E-state index >= 15 is 0 Å². The quantitative estimate of drug-likeness (QED) is 0.587. The summed E-state index contributed by atoms with van der Waals surface area (Å²) in [6.07, 6.45) is 0. The van der Waals surface area contributed by atoms with Gasteiger partial charge in [0.25, 0.3) is 0 Å². The molecule has 3 N–H and O–H groups in total. The van der Waals surface area contributed by atoms with Crippen LogP contribution in [-0.4, -0.2) is 35.6 Å². The molecule has 0 heterocycles. The Morgan fingerprint density at radius 3 is 2.07 bits per heavy atom. The van der Waals surface area contributed by atoms with E-state index < -0.39 is 6.04 Å². The van der Waals surface area contributed by atoms with E-state index in [0.717, 1.165) is 0 Å². The Bertz CT molecular complexity index is 229. The van der Waals surface area contributed by atoms with Crippen molar-refractivity contribution in [3.8, 4) is 0 Å². The Labute approximate surface area is 90.2 Å². The number of hydrogen-bond acceptors (Lipinski definition) is 3. The lowest BCUT2D eigenvalue weighted by atomic mass is 10.0. The third-order valence-corrected chi connectivity index (χ3v) is 1.97. The molecule has 0 aliphatic carbocycles. The fourth-order valence-corrected chi connectivity index (χ4v) is 1.13. The zero-order valence-electron chi connectivity index (χ0n) is 9.70. The molecule has 0 radical (unpaired) electrons. The van der Waals surface area contributed by atoms with Crippen molar-refractivity contribution < 1.29 is 14.7 Å². The molecule has 15 heavy (non-hydrogen) atoms. The number of carbonyl (C=O) groups excluding carboxylic acids is 2. The summed E-state index contributed by atoms with van der Waals surface area (Å²) in [5, 5.41) is 14.0. The lowest BCUT2D eigenvalue weighted by Crippen LogP contribution is -2.51. The van der Waals surface area contributed by atoms with Crippen molar-refractivity contribution in [1.82, 2.24) is 10.6 Å². The molecule has 2 atom stereocenters. The zero-order chi connectivity index (χ0) is 12.0. The Kier molecular flexibility index (Phi) is 5.93. The van der Waals surface area contributed by atoms with E-state index in [9.17, 15) is 9.59 Å². The van der Waals surface area contributed by atoms with E-state index in [4.69, 9.17) is 5.11 Å². The van der Waals surface area contributed by atoms with Crippen LogP contribution in [-0.2, 0) is 9.59 Å². The van der Waals surface area contributed by atoms with E-state index in [-0.39, 0.29) is 30.4 Å². The smallest absolute Gasteiger partial charge is 0.243 e. The number of amides is 2. The maximum Gasteiger partial charge on any atom is 0.243 e. The van der Waals surface area contributed by atoms with Crippen LogP contribution in [0.2, 0.25) is 0 Å². The summed E-state index contributed by atoms with van der Waals surface area (Å²) >= 11 is 0. The molecule has 0 bridgehead atoms. The molecule has 5 heteroatoms. The fourth-order valence-electron chi connectivity index (χ4n) is 1.13. The van der Waals surface area contributed by atoms with Crippen LogP contribution < -0.4 is 10.6 Å². The summed E-state index contributed by atoms with van der Waals surface area (Å²) in [6.45, 7) is 6.66. The van der Waals surface area contributed by atoms with Crippen LogP contribution in [0.3, 0.4) is 0 Å².